The van der Waals surface area contributed by atoms with Gasteiger partial charge in [-0.15, -0.1) is 23.2 Å². The second-order valence-electron chi connectivity index (χ2n) is 7.92. The van der Waals surface area contributed by atoms with Gasteiger partial charge >= 0.3 is 10.00 Å². The SMILES string of the molecule is CC(C)(Cl)C1C(SC2=CC=CC(Cl)([N+](=O)[O-])C2C(C)(C)Cl)=CC=CC1(Cl)[N+](=O)[O-]. The fourth-order valence-corrected chi connectivity index (χ4v) is 7.25. The van der Waals surface area contributed by atoms with Crippen molar-refractivity contribution in [2.75, 3.05) is 0 Å². The number of nitro groups is 2. The zero-order valence-electron chi connectivity index (χ0n) is 16.1. The molecule has 0 aromatic heterocycles. The molecule has 0 radical (unpaired) electrons. The van der Waals surface area contributed by atoms with Crippen LogP contribution in [-0.2, 0) is 0 Å². The molecule has 0 fully saturated rings. The lowest BCUT2D eigenvalue weighted by molar-refractivity contribution is -0.537. The number of hydrogen-bond donors (Lipinski definition) is 0. The molecule has 0 N–H and O–H groups in total. The summed E-state index contributed by atoms with van der Waals surface area (Å²) in [6.45, 7) is 6.53. The first-order valence-electron chi connectivity index (χ1n) is 8.56. The molecule has 4 unspecified atom stereocenters. The van der Waals surface area contributed by atoms with E-state index in [0.717, 1.165) is 11.8 Å². The average Bonchev–Trinajstić information content (AvgIpc) is 2.52. The molecule has 0 saturated carbocycles. The summed E-state index contributed by atoms with van der Waals surface area (Å²) in [7, 11) is 0. The highest BCUT2D eigenvalue weighted by Gasteiger charge is 2.59. The molecule has 0 bridgehead atoms. The fourth-order valence-electron chi connectivity index (χ4n) is 3.63. The normalized spacial score (nSPS) is 32.6. The van der Waals surface area contributed by atoms with Crippen LogP contribution in [0.25, 0.3) is 0 Å². The molecule has 0 spiro atoms. The van der Waals surface area contributed by atoms with Gasteiger partial charge in [-0.2, -0.15) is 0 Å². The first kappa shape index (κ1) is 24.5. The van der Waals surface area contributed by atoms with Crippen molar-refractivity contribution < 1.29 is 9.85 Å². The van der Waals surface area contributed by atoms with Crippen LogP contribution in [-0.4, -0.2) is 29.6 Å². The van der Waals surface area contributed by atoms with Crippen molar-refractivity contribution in [3.8, 4) is 0 Å². The van der Waals surface area contributed by atoms with Crippen molar-refractivity contribution in [1.82, 2.24) is 0 Å². The van der Waals surface area contributed by atoms with Crippen molar-refractivity contribution in [2.24, 2.45) is 11.8 Å². The smallest absolute Gasteiger partial charge is 0.262 e. The molecule has 0 aromatic rings. The predicted molar refractivity (Wildman–Crippen MR) is 120 cm³/mol. The highest BCUT2D eigenvalue weighted by Crippen LogP contribution is 2.55. The molecule has 11 heteroatoms. The summed E-state index contributed by atoms with van der Waals surface area (Å²) in [4.78, 5) is 17.2. The largest absolute Gasteiger partial charge is 0.322 e. The molecular weight excluding hydrogens is 482 g/mol. The topological polar surface area (TPSA) is 86.3 Å². The first-order chi connectivity index (χ1) is 13.0. The summed E-state index contributed by atoms with van der Waals surface area (Å²) in [5, 5.41) is 23.5. The lowest BCUT2D eigenvalue weighted by Crippen LogP contribution is -2.50. The highest BCUT2D eigenvalue weighted by molar-refractivity contribution is 8.06. The lowest BCUT2D eigenvalue weighted by atomic mass is 9.83. The quantitative estimate of drug-likeness (QED) is 0.184. The van der Waals surface area contributed by atoms with E-state index in [-0.39, 0.29) is 0 Å². The Labute approximate surface area is 193 Å². The monoisotopic (exact) mass is 500 g/mol. The van der Waals surface area contributed by atoms with Crippen molar-refractivity contribution in [3.05, 3.63) is 66.5 Å². The minimum atomic E-state index is -1.96. The van der Waals surface area contributed by atoms with Crippen LogP contribution in [0.4, 0.5) is 0 Å². The molecule has 29 heavy (non-hydrogen) atoms. The van der Waals surface area contributed by atoms with Gasteiger partial charge in [0.25, 0.3) is 0 Å². The van der Waals surface area contributed by atoms with Crippen LogP contribution < -0.4 is 0 Å². The van der Waals surface area contributed by atoms with Crippen LogP contribution in [0.1, 0.15) is 27.7 Å². The molecule has 4 atom stereocenters. The zero-order chi connectivity index (χ0) is 22.4. The van der Waals surface area contributed by atoms with Gasteiger partial charge < -0.3 is 0 Å². The van der Waals surface area contributed by atoms with E-state index >= 15 is 0 Å². The number of allylic oxidation sites excluding steroid dienone is 4. The first-order valence-corrected chi connectivity index (χ1v) is 10.9. The number of halogens is 4. The van der Waals surface area contributed by atoms with Gasteiger partial charge in [0.1, 0.15) is 0 Å². The maximum absolute atomic E-state index is 11.8. The lowest BCUT2D eigenvalue weighted by Gasteiger charge is -2.40. The second-order valence-corrected chi connectivity index (χ2v) is 12.2. The third-order valence-electron chi connectivity index (χ3n) is 4.73. The van der Waals surface area contributed by atoms with E-state index in [0.29, 0.717) is 9.81 Å². The maximum atomic E-state index is 11.8. The Hall–Kier alpha value is -0.730. The molecule has 0 amide bonds. The molecular formula is C18H20Cl4N2O4S. The van der Waals surface area contributed by atoms with E-state index in [2.05, 4.69) is 0 Å². The van der Waals surface area contributed by atoms with Gasteiger partial charge in [-0.3, -0.25) is 20.2 Å². The van der Waals surface area contributed by atoms with E-state index in [4.69, 9.17) is 46.4 Å². The van der Waals surface area contributed by atoms with E-state index in [1.165, 1.54) is 24.3 Å². The number of thioether (sulfide) groups is 1. The molecule has 2 aliphatic rings. The van der Waals surface area contributed by atoms with Crippen LogP contribution in [0.5, 0.6) is 0 Å². The Morgan fingerprint density at radius 1 is 0.862 bits per heavy atom. The predicted octanol–water partition coefficient (Wildman–Crippen LogP) is 6.32. The van der Waals surface area contributed by atoms with Gasteiger partial charge in [0.2, 0.25) is 0 Å². The standard InChI is InChI=1S/C18H20Cl4N2O4S/c1-15(2,19)13-11(7-5-9-17(13,21)23(25)26)29-12-8-6-10-18(22,24(27)28)14(12)16(3,4)20/h5-10,13-14H,1-4H3. The van der Waals surface area contributed by atoms with Gasteiger partial charge in [0, 0.05) is 31.8 Å². The number of alkyl halides is 4. The third-order valence-corrected chi connectivity index (χ3v) is 7.34. The summed E-state index contributed by atoms with van der Waals surface area (Å²) in [6, 6.07) is 0. The van der Waals surface area contributed by atoms with Gasteiger partial charge in [-0.25, -0.2) is 0 Å². The van der Waals surface area contributed by atoms with Gasteiger partial charge in [-0.1, -0.05) is 36.1 Å². The molecule has 0 aliphatic heterocycles. The molecule has 0 aromatic carbocycles. The van der Waals surface area contributed by atoms with Crippen molar-refractivity contribution in [2.45, 2.75) is 47.4 Å². The van der Waals surface area contributed by atoms with E-state index in [1.807, 2.05) is 0 Å². The van der Waals surface area contributed by atoms with Crippen molar-refractivity contribution in [3.63, 3.8) is 0 Å². The highest BCUT2D eigenvalue weighted by atomic mass is 35.5. The fraction of sp³-hybridized carbons (Fsp3) is 0.556. The molecule has 2 aliphatic carbocycles. The molecule has 2 rings (SSSR count). The summed E-state index contributed by atoms with van der Waals surface area (Å²) < 4.78 is 0. The molecule has 0 saturated heterocycles. The third kappa shape index (κ3) is 4.64. The van der Waals surface area contributed by atoms with E-state index < -0.39 is 41.4 Å². The van der Waals surface area contributed by atoms with Gasteiger partial charge in [-0.05, 0) is 50.9 Å². The Bertz CT molecular complexity index is 776. The summed E-state index contributed by atoms with van der Waals surface area (Å²) in [6.07, 6.45) is 8.88. The number of nitrogens with zero attached hydrogens (tertiary/aromatic N) is 2. The summed E-state index contributed by atoms with van der Waals surface area (Å²) >= 11 is 26.9. The van der Waals surface area contributed by atoms with Crippen molar-refractivity contribution in [1.29, 1.82) is 0 Å². The van der Waals surface area contributed by atoms with Gasteiger partial charge in [0.15, 0.2) is 0 Å². The average molecular weight is 502 g/mol. The van der Waals surface area contributed by atoms with E-state index in [9.17, 15) is 20.2 Å². The summed E-state index contributed by atoms with van der Waals surface area (Å²) in [5.74, 6) is -1.82. The molecule has 0 heterocycles. The molecule has 6 nitrogen and oxygen atoms in total. The van der Waals surface area contributed by atoms with Crippen LogP contribution in [0, 0.1) is 32.1 Å². The van der Waals surface area contributed by atoms with Crippen molar-refractivity contribution >= 4 is 58.2 Å². The zero-order valence-corrected chi connectivity index (χ0v) is 19.9. The molecule has 160 valence electrons. The Morgan fingerprint density at radius 3 is 1.41 bits per heavy atom. The van der Waals surface area contributed by atoms with Crippen LogP contribution in [0.15, 0.2) is 46.3 Å². The summed E-state index contributed by atoms with van der Waals surface area (Å²) in [5.41, 5.74) is 0. The van der Waals surface area contributed by atoms with Crippen LogP contribution in [0.2, 0.25) is 0 Å². The maximum Gasteiger partial charge on any atom is 0.322 e. The van der Waals surface area contributed by atoms with Gasteiger partial charge in [0.05, 0.1) is 21.6 Å². The number of rotatable bonds is 6. The Morgan fingerprint density at radius 2 is 1.17 bits per heavy atom. The van der Waals surface area contributed by atoms with Crippen LogP contribution in [0.3, 0.4) is 0 Å². The Kier molecular flexibility index (Phi) is 6.83. The van der Waals surface area contributed by atoms with E-state index in [1.54, 1.807) is 39.8 Å². The second kappa shape index (κ2) is 8.08. The number of hydrogen-bond acceptors (Lipinski definition) is 5. The minimum Gasteiger partial charge on any atom is -0.262 e. The Balaban J connectivity index is 2.55. The minimum absolute atomic E-state index is 0.494. The van der Waals surface area contributed by atoms with Crippen LogP contribution >= 0.6 is 58.2 Å².